The lowest BCUT2D eigenvalue weighted by molar-refractivity contribution is -0.134. The highest BCUT2D eigenvalue weighted by Gasteiger charge is 2.43. The number of ether oxygens (including phenoxy) is 3. The number of nitrogens with one attached hydrogen (secondary N) is 1. The van der Waals surface area contributed by atoms with Crippen LogP contribution in [0.25, 0.3) is 0 Å². The number of carbonyl (C=O) groups is 2. The number of amides is 2. The second-order valence-corrected chi connectivity index (χ2v) is 8.18. The van der Waals surface area contributed by atoms with E-state index in [-0.39, 0.29) is 29.6 Å². The minimum absolute atomic E-state index is 0.0179. The van der Waals surface area contributed by atoms with E-state index >= 15 is 0 Å². The van der Waals surface area contributed by atoms with Crippen molar-refractivity contribution in [3.05, 3.63) is 23.8 Å². The van der Waals surface area contributed by atoms with Crippen LogP contribution in [0.2, 0.25) is 0 Å². The molecule has 0 bridgehead atoms. The maximum atomic E-state index is 13.1. The molecule has 1 aliphatic heterocycles. The van der Waals surface area contributed by atoms with Crippen molar-refractivity contribution < 1.29 is 23.8 Å². The fourth-order valence-corrected chi connectivity index (χ4v) is 4.68. The molecule has 0 aromatic heterocycles. The molecule has 1 saturated carbocycles. The standard InChI is InChI=1S/C23H34N2O5/c1-28-12-6-11-24-22(26)20-15-25(23(27)16-7-4-5-8-16)14-19(20)18-10-9-17(29-2)13-21(18)30-3/h9-10,13,16,19-20H,4-8,11-12,14-15H2,1-3H3,(H,24,26). The Morgan fingerprint density at radius 2 is 1.87 bits per heavy atom. The summed E-state index contributed by atoms with van der Waals surface area (Å²) in [5.74, 6) is 1.25. The van der Waals surface area contributed by atoms with E-state index in [0.717, 1.165) is 37.7 Å². The van der Waals surface area contributed by atoms with E-state index in [2.05, 4.69) is 5.32 Å². The van der Waals surface area contributed by atoms with Gasteiger partial charge in [0.15, 0.2) is 0 Å². The summed E-state index contributed by atoms with van der Waals surface area (Å²) in [6.45, 7) is 2.15. The Labute approximate surface area is 179 Å². The number of methoxy groups -OCH3 is 3. The number of hydrogen-bond donors (Lipinski definition) is 1. The van der Waals surface area contributed by atoms with Crippen LogP contribution in [0.15, 0.2) is 18.2 Å². The van der Waals surface area contributed by atoms with E-state index in [4.69, 9.17) is 14.2 Å². The van der Waals surface area contributed by atoms with Crippen molar-refractivity contribution in [2.75, 3.05) is 47.6 Å². The number of benzene rings is 1. The van der Waals surface area contributed by atoms with Gasteiger partial charge in [-0.15, -0.1) is 0 Å². The fraction of sp³-hybridized carbons (Fsp3) is 0.652. The Morgan fingerprint density at radius 1 is 1.10 bits per heavy atom. The molecule has 30 heavy (non-hydrogen) atoms. The van der Waals surface area contributed by atoms with Gasteiger partial charge in [0, 0.05) is 56.8 Å². The molecule has 0 radical (unpaired) electrons. The first-order valence-electron chi connectivity index (χ1n) is 10.9. The van der Waals surface area contributed by atoms with Gasteiger partial charge < -0.3 is 24.4 Å². The van der Waals surface area contributed by atoms with Crippen molar-refractivity contribution in [2.24, 2.45) is 11.8 Å². The molecular formula is C23H34N2O5. The van der Waals surface area contributed by atoms with Gasteiger partial charge in [0.05, 0.1) is 20.1 Å². The maximum Gasteiger partial charge on any atom is 0.225 e. The molecule has 7 nitrogen and oxygen atoms in total. The fourth-order valence-electron chi connectivity index (χ4n) is 4.68. The quantitative estimate of drug-likeness (QED) is 0.624. The Hall–Kier alpha value is -2.28. The first-order chi connectivity index (χ1) is 14.6. The average Bonchev–Trinajstić information content (AvgIpc) is 3.46. The molecule has 1 heterocycles. The summed E-state index contributed by atoms with van der Waals surface area (Å²) in [7, 11) is 4.88. The third-order valence-corrected chi connectivity index (χ3v) is 6.34. The maximum absolute atomic E-state index is 13.1. The Bertz CT molecular complexity index is 732. The van der Waals surface area contributed by atoms with Crippen LogP contribution in [-0.2, 0) is 14.3 Å². The first kappa shape index (κ1) is 22.4. The van der Waals surface area contributed by atoms with Gasteiger partial charge in [0.2, 0.25) is 11.8 Å². The predicted molar refractivity (Wildman–Crippen MR) is 114 cm³/mol. The summed E-state index contributed by atoms with van der Waals surface area (Å²) in [6.07, 6.45) is 4.91. The molecule has 1 aliphatic carbocycles. The third kappa shape index (κ3) is 5.06. The van der Waals surface area contributed by atoms with Gasteiger partial charge in [-0.1, -0.05) is 18.9 Å². The highest BCUT2D eigenvalue weighted by molar-refractivity contribution is 5.84. The molecule has 2 fully saturated rings. The molecule has 2 amide bonds. The molecule has 2 unspecified atom stereocenters. The molecule has 2 atom stereocenters. The second kappa shape index (κ2) is 10.7. The zero-order chi connectivity index (χ0) is 21.5. The molecule has 1 aromatic rings. The lowest BCUT2D eigenvalue weighted by Crippen LogP contribution is -2.37. The topological polar surface area (TPSA) is 77.1 Å². The smallest absolute Gasteiger partial charge is 0.225 e. The van der Waals surface area contributed by atoms with Gasteiger partial charge in [0.1, 0.15) is 11.5 Å². The van der Waals surface area contributed by atoms with Gasteiger partial charge in [-0.25, -0.2) is 0 Å². The van der Waals surface area contributed by atoms with Crippen LogP contribution < -0.4 is 14.8 Å². The monoisotopic (exact) mass is 418 g/mol. The molecule has 2 aliphatic rings. The summed E-state index contributed by atoms with van der Waals surface area (Å²) in [5, 5.41) is 3.03. The zero-order valence-corrected chi connectivity index (χ0v) is 18.3. The Balaban J connectivity index is 1.81. The van der Waals surface area contributed by atoms with Crippen LogP contribution in [0, 0.1) is 11.8 Å². The molecule has 1 aromatic carbocycles. The summed E-state index contributed by atoms with van der Waals surface area (Å²) in [5.41, 5.74) is 0.942. The van der Waals surface area contributed by atoms with Crippen molar-refractivity contribution in [2.45, 2.75) is 38.0 Å². The van der Waals surface area contributed by atoms with Crippen molar-refractivity contribution in [3.63, 3.8) is 0 Å². The molecule has 3 rings (SSSR count). The van der Waals surface area contributed by atoms with Crippen LogP contribution in [0.4, 0.5) is 0 Å². The van der Waals surface area contributed by atoms with E-state index < -0.39 is 0 Å². The van der Waals surface area contributed by atoms with Crippen LogP contribution in [0.3, 0.4) is 0 Å². The molecule has 1 N–H and O–H groups in total. The summed E-state index contributed by atoms with van der Waals surface area (Å²) >= 11 is 0. The van der Waals surface area contributed by atoms with Gasteiger partial charge >= 0.3 is 0 Å². The number of rotatable bonds is 9. The van der Waals surface area contributed by atoms with Gasteiger partial charge in [-0.2, -0.15) is 0 Å². The van der Waals surface area contributed by atoms with Gasteiger partial charge in [-0.3, -0.25) is 9.59 Å². The largest absolute Gasteiger partial charge is 0.497 e. The van der Waals surface area contributed by atoms with Crippen molar-refractivity contribution in [1.82, 2.24) is 10.2 Å². The molecule has 7 heteroatoms. The average molecular weight is 419 g/mol. The Morgan fingerprint density at radius 3 is 2.53 bits per heavy atom. The zero-order valence-electron chi connectivity index (χ0n) is 18.3. The normalized spacial score (nSPS) is 21.6. The minimum Gasteiger partial charge on any atom is -0.497 e. The lowest BCUT2D eigenvalue weighted by atomic mass is 9.87. The summed E-state index contributed by atoms with van der Waals surface area (Å²) in [4.78, 5) is 28.0. The van der Waals surface area contributed by atoms with Gasteiger partial charge in [-0.05, 0) is 25.3 Å². The van der Waals surface area contributed by atoms with E-state index in [0.29, 0.717) is 37.7 Å². The number of nitrogens with zero attached hydrogens (tertiary/aromatic N) is 1. The lowest BCUT2D eigenvalue weighted by Gasteiger charge is -2.21. The number of hydrogen-bond acceptors (Lipinski definition) is 5. The van der Waals surface area contributed by atoms with Crippen LogP contribution >= 0.6 is 0 Å². The van der Waals surface area contributed by atoms with Crippen molar-refractivity contribution in [3.8, 4) is 11.5 Å². The summed E-state index contributed by atoms with van der Waals surface area (Å²) in [6, 6.07) is 5.67. The minimum atomic E-state index is -0.305. The van der Waals surface area contributed by atoms with Crippen LogP contribution in [0.5, 0.6) is 11.5 Å². The Kier molecular flexibility index (Phi) is 7.96. The molecule has 0 spiro atoms. The number of likely N-dealkylation sites (tertiary alicyclic amines) is 1. The predicted octanol–water partition coefficient (Wildman–Crippen LogP) is 2.59. The van der Waals surface area contributed by atoms with E-state index in [1.165, 1.54) is 0 Å². The first-order valence-corrected chi connectivity index (χ1v) is 10.9. The third-order valence-electron chi connectivity index (χ3n) is 6.34. The van der Waals surface area contributed by atoms with Gasteiger partial charge in [0.25, 0.3) is 0 Å². The van der Waals surface area contributed by atoms with E-state index in [1.54, 1.807) is 21.3 Å². The molecule has 166 valence electrons. The van der Waals surface area contributed by atoms with E-state index in [9.17, 15) is 9.59 Å². The van der Waals surface area contributed by atoms with Crippen molar-refractivity contribution >= 4 is 11.8 Å². The van der Waals surface area contributed by atoms with E-state index in [1.807, 2.05) is 23.1 Å². The SMILES string of the molecule is COCCCNC(=O)C1CN(C(=O)C2CCCC2)CC1c1ccc(OC)cc1OC. The highest BCUT2D eigenvalue weighted by Crippen LogP contribution is 2.40. The number of carbonyl (C=O) groups excluding carboxylic acids is 2. The molecule has 1 saturated heterocycles. The van der Waals surface area contributed by atoms with Crippen molar-refractivity contribution in [1.29, 1.82) is 0 Å². The molecular weight excluding hydrogens is 384 g/mol. The highest BCUT2D eigenvalue weighted by atomic mass is 16.5. The van der Waals surface area contributed by atoms with Crippen LogP contribution in [0.1, 0.15) is 43.6 Å². The second-order valence-electron chi connectivity index (χ2n) is 8.18. The summed E-state index contributed by atoms with van der Waals surface area (Å²) < 4.78 is 16.0. The van der Waals surface area contributed by atoms with Crippen LogP contribution in [-0.4, -0.2) is 64.3 Å².